The van der Waals surface area contributed by atoms with Crippen molar-refractivity contribution < 1.29 is 9.59 Å². The van der Waals surface area contributed by atoms with E-state index in [4.69, 9.17) is 5.10 Å². The smallest absolute Gasteiger partial charge is 0.256 e. The molecule has 1 atom stereocenters. The third-order valence-electron chi connectivity index (χ3n) is 7.72. The molecule has 0 aliphatic carbocycles. The molecule has 6 rings (SSSR count). The van der Waals surface area contributed by atoms with Gasteiger partial charge in [0.25, 0.3) is 5.91 Å². The van der Waals surface area contributed by atoms with Crippen LogP contribution in [0.1, 0.15) is 58.7 Å². The Balaban J connectivity index is 1.44. The molecule has 2 aromatic heterocycles. The molecule has 0 saturated heterocycles. The van der Waals surface area contributed by atoms with Crippen LogP contribution in [0.5, 0.6) is 0 Å². The Bertz CT molecular complexity index is 1570. The summed E-state index contributed by atoms with van der Waals surface area (Å²) in [7, 11) is 0. The lowest BCUT2D eigenvalue weighted by atomic mass is 9.94. The van der Waals surface area contributed by atoms with Crippen molar-refractivity contribution in [3.8, 4) is 5.69 Å². The Hall–Kier alpha value is -3.72. The maximum absolute atomic E-state index is 14.1. The summed E-state index contributed by atoms with van der Waals surface area (Å²) in [6, 6.07) is 11.9. The second-order valence-electron chi connectivity index (χ2n) is 10.2. The van der Waals surface area contributed by atoms with E-state index in [9.17, 15) is 9.59 Å². The van der Waals surface area contributed by atoms with Gasteiger partial charge in [0.2, 0.25) is 5.91 Å². The van der Waals surface area contributed by atoms with E-state index >= 15 is 0 Å². The van der Waals surface area contributed by atoms with Gasteiger partial charge in [0.15, 0.2) is 0 Å². The average molecular weight is 573 g/mol. The predicted molar refractivity (Wildman–Crippen MR) is 149 cm³/mol. The van der Waals surface area contributed by atoms with Gasteiger partial charge in [-0.1, -0.05) is 32.6 Å². The fourth-order valence-corrected chi connectivity index (χ4v) is 6.15. The second-order valence-corrected chi connectivity index (χ2v) is 11.0. The molecule has 2 amide bonds. The van der Waals surface area contributed by atoms with Gasteiger partial charge in [-0.15, -0.1) is 0 Å². The minimum Gasteiger partial charge on any atom is -0.344 e. The van der Waals surface area contributed by atoms with Gasteiger partial charge in [0, 0.05) is 42.5 Å². The van der Waals surface area contributed by atoms with E-state index in [2.05, 4.69) is 70.6 Å². The van der Waals surface area contributed by atoms with Gasteiger partial charge in [-0.25, -0.2) is 9.67 Å². The maximum atomic E-state index is 14.1. The van der Waals surface area contributed by atoms with E-state index in [1.54, 1.807) is 11.2 Å². The van der Waals surface area contributed by atoms with E-state index in [1.807, 2.05) is 21.7 Å². The van der Waals surface area contributed by atoms with Crippen LogP contribution in [-0.2, 0) is 17.6 Å². The molecule has 38 heavy (non-hydrogen) atoms. The zero-order chi connectivity index (χ0) is 26.6. The third-order valence-corrected chi connectivity index (χ3v) is 8.36. The van der Waals surface area contributed by atoms with Gasteiger partial charge in [-0.2, -0.15) is 5.10 Å². The van der Waals surface area contributed by atoms with E-state index in [-0.39, 0.29) is 17.9 Å². The number of H-pyrrole nitrogens is 1. The zero-order valence-electron chi connectivity index (χ0n) is 21.4. The highest BCUT2D eigenvalue weighted by atomic mass is 79.9. The van der Waals surface area contributed by atoms with Gasteiger partial charge < -0.3 is 14.8 Å². The van der Waals surface area contributed by atoms with Crippen LogP contribution in [-0.4, -0.2) is 61.0 Å². The van der Waals surface area contributed by atoms with Crippen molar-refractivity contribution >= 4 is 38.8 Å². The number of aromatic nitrogens is 4. The normalized spacial score (nSPS) is 17.0. The van der Waals surface area contributed by atoms with Crippen LogP contribution < -0.4 is 0 Å². The molecule has 1 N–H and O–H groups in total. The molecule has 1 unspecified atom stereocenters. The van der Waals surface area contributed by atoms with E-state index in [0.29, 0.717) is 49.5 Å². The van der Waals surface area contributed by atoms with Crippen LogP contribution in [0.15, 0.2) is 59.9 Å². The van der Waals surface area contributed by atoms with Crippen molar-refractivity contribution in [1.82, 2.24) is 29.5 Å². The Labute approximate surface area is 229 Å². The number of carbonyl (C=O) groups excluding carboxylic acids is 2. The minimum atomic E-state index is -0.307. The standard InChI is InChI=1S/C29H29BrN6O2/c1-4-25(37)34-13-11-22-26-23(36(33-22)19-7-5-18(6-8-19)17(2)3)12-14-35(24(26)15-34)29(38)20-9-10-21(30)28-27(20)31-16-32-28/h4-10,16-17,24H,1,11-15H2,2-3H3,(H,31,32). The van der Waals surface area contributed by atoms with Crippen LogP contribution in [0.3, 0.4) is 0 Å². The van der Waals surface area contributed by atoms with Crippen molar-refractivity contribution in [1.29, 1.82) is 0 Å². The number of carbonyl (C=O) groups is 2. The number of amides is 2. The summed E-state index contributed by atoms with van der Waals surface area (Å²) in [5.41, 5.74) is 7.40. The summed E-state index contributed by atoms with van der Waals surface area (Å²) >= 11 is 3.53. The van der Waals surface area contributed by atoms with E-state index in [1.165, 1.54) is 11.6 Å². The first kappa shape index (κ1) is 24.6. The molecule has 4 aromatic rings. The Morgan fingerprint density at radius 3 is 2.66 bits per heavy atom. The molecule has 8 nitrogen and oxygen atoms in total. The van der Waals surface area contributed by atoms with Gasteiger partial charge in [0.05, 0.1) is 40.5 Å². The molecule has 0 fully saturated rings. The molecule has 4 heterocycles. The topological polar surface area (TPSA) is 87.1 Å². The zero-order valence-corrected chi connectivity index (χ0v) is 23.0. The Kier molecular flexibility index (Phi) is 6.18. The monoisotopic (exact) mass is 572 g/mol. The molecule has 0 bridgehead atoms. The fourth-order valence-electron chi connectivity index (χ4n) is 5.71. The quantitative estimate of drug-likeness (QED) is 0.351. The molecule has 0 spiro atoms. The first-order valence-electron chi connectivity index (χ1n) is 12.9. The van der Waals surface area contributed by atoms with Crippen molar-refractivity contribution in [2.45, 2.75) is 38.6 Å². The summed E-state index contributed by atoms with van der Waals surface area (Å²) in [4.78, 5) is 38.0. The van der Waals surface area contributed by atoms with Crippen molar-refractivity contribution in [3.63, 3.8) is 0 Å². The van der Waals surface area contributed by atoms with E-state index in [0.717, 1.165) is 32.6 Å². The highest BCUT2D eigenvalue weighted by Gasteiger charge is 2.40. The van der Waals surface area contributed by atoms with Crippen LogP contribution in [0, 0.1) is 0 Å². The van der Waals surface area contributed by atoms with Crippen LogP contribution in [0.2, 0.25) is 0 Å². The summed E-state index contributed by atoms with van der Waals surface area (Å²) in [5, 5.41) is 5.05. The molecular weight excluding hydrogens is 544 g/mol. The fraction of sp³-hybridized carbons (Fsp3) is 0.310. The molecule has 9 heteroatoms. The van der Waals surface area contributed by atoms with Crippen LogP contribution >= 0.6 is 15.9 Å². The predicted octanol–water partition coefficient (Wildman–Crippen LogP) is 4.94. The van der Waals surface area contributed by atoms with Gasteiger partial charge in [0.1, 0.15) is 5.52 Å². The van der Waals surface area contributed by atoms with Crippen LogP contribution in [0.4, 0.5) is 0 Å². The molecule has 0 radical (unpaired) electrons. The Morgan fingerprint density at radius 2 is 1.92 bits per heavy atom. The number of imidazole rings is 1. The molecular formula is C29H29BrN6O2. The lowest BCUT2D eigenvalue weighted by molar-refractivity contribution is -0.126. The van der Waals surface area contributed by atoms with E-state index < -0.39 is 0 Å². The molecule has 194 valence electrons. The van der Waals surface area contributed by atoms with Gasteiger partial charge in [-0.05, 0) is 57.8 Å². The van der Waals surface area contributed by atoms with Crippen molar-refractivity contribution in [3.05, 3.63) is 87.9 Å². The van der Waals surface area contributed by atoms with Crippen molar-refractivity contribution in [2.75, 3.05) is 19.6 Å². The first-order valence-corrected chi connectivity index (χ1v) is 13.7. The molecule has 0 saturated carbocycles. The number of hydrogen-bond acceptors (Lipinski definition) is 4. The lowest BCUT2D eigenvalue weighted by Crippen LogP contribution is -2.45. The van der Waals surface area contributed by atoms with Crippen LogP contribution in [0.25, 0.3) is 16.7 Å². The summed E-state index contributed by atoms with van der Waals surface area (Å²) in [5.74, 6) is 0.232. The number of rotatable bonds is 4. The molecule has 2 aliphatic heterocycles. The van der Waals surface area contributed by atoms with Crippen molar-refractivity contribution in [2.24, 2.45) is 0 Å². The third kappa shape index (κ3) is 3.96. The summed E-state index contributed by atoms with van der Waals surface area (Å²) in [6.45, 7) is 9.51. The SMILES string of the molecule is C=CC(=O)N1CCc2nn(-c3ccc(C(C)C)cc3)c3c2C(C1)N(C(=O)c1ccc(Br)c2nc[nH]c12)CC3. The average Bonchev–Trinajstić information content (AvgIpc) is 3.52. The lowest BCUT2D eigenvalue weighted by Gasteiger charge is -2.38. The summed E-state index contributed by atoms with van der Waals surface area (Å²) in [6.07, 6.45) is 4.25. The second kappa shape index (κ2) is 9.54. The first-order chi connectivity index (χ1) is 18.4. The van der Waals surface area contributed by atoms with Gasteiger partial charge >= 0.3 is 0 Å². The minimum absolute atomic E-state index is 0.0877. The molecule has 2 aromatic carbocycles. The number of fused-ring (bicyclic) bond motifs is 1. The number of halogens is 1. The largest absolute Gasteiger partial charge is 0.344 e. The summed E-state index contributed by atoms with van der Waals surface area (Å²) < 4.78 is 2.87. The highest BCUT2D eigenvalue weighted by molar-refractivity contribution is 9.10. The number of benzene rings is 2. The number of aromatic amines is 1. The number of nitrogens with one attached hydrogen (secondary N) is 1. The number of nitrogens with zero attached hydrogens (tertiary/aromatic N) is 5. The number of hydrogen-bond donors (Lipinski definition) is 1. The maximum Gasteiger partial charge on any atom is 0.256 e. The van der Waals surface area contributed by atoms with Gasteiger partial charge in [-0.3, -0.25) is 9.59 Å². The molecule has 2 aliphatic rings. The highest BCUT2D eigenvalue weighted by Crippen LogP contribution is 2.38. The Morgan fingerprint density at radius 1 is 1.13 bits per heavy atom.